The third kappa shape index (κ3) is 3.42. The summed E-state index contributed by atoms with van der Waals surface area (Å²) in [6.07, 6.45) is 3.60. The van der Waals surface area contributed by atoms with E-state index in [0.29, 0.717) is 6.54 Å². The van der Waals surface area contributed by atoms with Crippen LogP contribution in [0.25, 0.3) is 0 Å². The highest BCUT2D eigenvalue weighted by molar-refractivity contribution is 5.46. The lowest BCUT2D eigenvalue weighted by Crippen LogP contribution is -2.24. The summed E-state index contributed by atoms with van der Waals surface area (Å²) in [7, 11) is 1.92. The molecule has 0 amide bonds. The molecule has 0 spiro atoms. The Kier molecular flexibility index (Phi) is 4.58. The fourth-order valence-corrected chi connectivity index (χ4v) is 1.41. The van der Waals surface area contributed by atoms with Crippen molar-refractivity contribution in [2.24, 2.45) is 0 Å². The molecular weight excluding hydrogens is 203 g/mol. The average molecular weight is 220 g/mol. The summed E-state index contributed by atoms with van der Waals surface area (Å²) < 4.78 is 13.0. The maximum atomic E-state index is 13.0. The summed E-state index contributed by atoms with van der Waals surface area (Å²) in [6, 6.07) is 6.54. The second-order valence-corrected chi connectivity index (χ2v) is 3.50. The highest BCUT2D eigenvalue weighted by atomic mass is 19.1. The van der Waals surface area contributed by atoms with Crippen LogP contribution in [-0.4, -0.2) is 13.6 Å². The van der Waals surface area contributed by atoms with Gasteiger partial charge in [0.25, 0.3) is 0 Å². The Morgan fingerprint density at radius 3 is 2.88 bits per heavy atom. The van der Waals surface area contributed by atoms with Gasteiger partial charge < -0.3 is 10.2 Å². The topological polar surface area (TPSA) is 15.3 Å². The second-order valence-electron chi connectivity index (χ2n) is 3.50. The molecule has 0 unspecified atom stereocenters. The van der Waals surface area contributed by atoms with Gasteiger partial charge in [0.15, 0.2) is 0 Å². The van der Waals surface area contributed by atoms with Gasteiger partial charge in [0.05, 0.1) is 6.54 Å². The van der Waals surface area contributed by atoms with Crippen molar-refractivity contribution in [3.63, 3.8) is 0 Å². The molecule has 0 aliphatic rings. The standard InChI is InChI=1S/C13H17FN2/c1-4-12(15-5-2)10-16(3)13-8-6-7-11(14)9-13/h4-9,15H,2,10H2,1,3H3/b12-4-. The number of hydrogen-bond donors (Lipinski definition) is 1. The molecule has 0 aromatic heterocycles. The van der Waals surface area contributed by atoms with Crippen LogP contribution >= 0.6 is 0 Å². The summed E-state index contributed by atoms with van der Waals surface area (Å²) >= 11 is 0. The molecule has 0 heterocycles. The molecule has 1 aromatic rings. The molecule has 16 heavy (non-hydrogen) atoms. The number of likely N-dealkylation sites (N-methyl/N-ethyl adjacent to an activating group) is 1. The lowest BCUT2D eigenvalue weighted by molar-refractivity contribution is 0.627. The highest BCUT2D eigenvalue weighted by Crippen LogP contribution is 2.14. The SMILES string of the molecule is C=CN/C(=C\C)CN(C)c1cccc(F)c1. The van der Waals surface area contributed by atoms with E-state index in [1.54, 1.807) is 12.3 Å². The largest absolute Gasteiger partial charge is 0.369 e. The van der Waals surface area contributed by atoms with E-state index < -0.39 is 0 Å². The molecule has 0 aliphatic carbocycles. The third-order valence-corrected chi connectivity index (χ3v) is 2.29. The van der Waals surface area contributed by atoms with E-state index in [4.69, 9.17) is 0 Å². The molecule has 0 atom stereocenters. The molecule has 0 saturated carbocycles. The minimum absolute atomic E-state index is 0.219. The van der Waals surface area contributed by atoms with Crippen LogP contribution in [0.4, 0.5) is 10.1 Å². The van der Waals surface area contributed by atoms with E-state index in [9.17, 15) is 4.39 Å². The first-order chi connectivity index (χ1) is 7.67. The maximum absolute atomic E-state index is 13.0. The van der Waals surface area contributed by atoms with Crippen molar-refractivity contribution >= 4 is 5.69 Å². The van der Waals surface area contributed by atoms with E-state index in [0.717, 1.165) is 11.4 Å². The lowest BCUT2D eigenvalue weighted by Gasteiger charge is -2.21. The Hall–Kier alpha value is -1.77. The molecule has 1 N–H and O–H groups in total. The van der Waals surface area contributed by atoms with Crippen molar-refractivity contribution in [3.05, 3.63) is 54.6 Å². The van der Waals surface area contributed by atoms with Crippen molar-refractivity contribution < 1.29 is 4.39 Å². The number of benzene rings is 1. The Balaban J connectivity index is 2.71. The van der Waals surface area contributed by atoms with Gasteiger partial charge in [0.1, 0.15) is 5.82 Å². The van der Waals surface area contributed by atoms with Crippen molar-refractivity contribution in [1.29, 1.82) is 0 Å². The van der Waals surface area contributed by atoms with Crippen LogP contribution in [0, 0.1) is 5.82 Å². The average Bonchev–Trinajstić information content (AvgIpc) is 2.28. The van der Waals surface area contributed by atoms with Crippen LogP contribution in [0.2, 0.25) is 0 Å². The minimum Gasteiger partial charge on any atom is -0.369 e. The normalized spacial score (nSPS) is 11.1. The molecule has 3 heteroatoms. The van der Waals surface area contributed by atoms with Gasteiger partial charge >= 0.3 is 0 Å². The van der Waals surface area contributed by atoms with E-state index in [-0.39, 0.29) is 5.82 Å². The third-order valence-electron chi connectivity index (χ3n) is 2.29. The van der Waals surface area contributed by atoms with Gasteiger partial charge in [-0.15, -0.1) is 0 Å². The summed E-state index contributed by atoms with van der Waals surface area (Å²) in [5.41, 5.74) is 1.88. The van der Waals surface area contributed by atoms with E-state index in [1.807, 2.05) is 31.0 Å². The molecule has 1 aromatic carbocycles. The second kappa shape index (κ2) is 5.95. The van der Waals surface area contributed by atoms with Gasteiger partial charge in [-0.05, 0) is 31.3 Å². The molecule has 0 radical (unpaired) electrons. The van der Waals surface area contributed by atoms with Crippen LogP contribution in [0.3, 0.4) is 0 Å². The smallest absolute Gasteiger partial charge is 0.125 e. The summed E-state index contributed by atoms with van der Waals surface area (Å²) in [5.74, 6) is -0.219. The fraction of sp³-hybridized carbons (Fsp3) is 0.231. The number of hydrogen-bond acceptors (Lipinski definition) is 2. The minimum atomic E-state index is -0.219. The first kappa shape index (κ1) is 12.3. The number of rotatable bonds is 5. The molecule has 0 saturated heterocycles. The Morgan fingerprint density at radius 1 is 1.56 bits per heavy atom. The maximum Gasteiger partial charge on any atom is 0.125 e. The predicted molar refractivity (Wildman–Crippen MR) is 66.8 cm³/mol. The van der Waals surface area contributed by atoms with Crippen LogP contribution in [0.15, 0.2) is 48.8 Å². The number of allylic oxidation sites excluding steroid dienone is 1. The summed E-state index contributed by atoms with van der Waals surface area (Å²) in [5, 5.41) is 3.04. The molecule has 86 valence electrons. The van der Waals surface area contributed by atoms with Gasteiger partial charge in [-0.1, -0.05) is 18.7 Å². The summed E-state index contributed by atoms with van der Waals surface area (Å²) in [6.45, 7) is 6.25. The fourth-order valence-electron chi connectivity index (χ4n) is 1.41. The summed E-state index contributed by atoms with van der Waals surface area (Å²) in [4.78, 5) is 1.97. The lowest BCUT2D eigenvalue weighted by atomic mass is 10.2. The molecular formula is C13H17FN2. The number of nitrogens with zero attached hydrogens (tertiary/aromatic N) is 1. The first-order valence-electron chi connectivity index (χ1n) is 5.16. The molecule has 2 nitrogen and oxygen atoms in total. The molecule has 0 fully saturated rings. The molecule has 0 aliphatic heterocycles. The van der Waals surface area contributed by atoms with Gasteiger partial charge in [-0.2, -0.15) is 0 Å². The zero-order valence-corrected chi connectivity index (χ0v) is 9.70. The highest BCUT2D eigenvalue weighted by Gasteiger charge is 2.03. The van der Waals surface area contributed by atoms with Gasteiger partial charge in [0, 0.05) is 18.4 Å². The van der Waals surface area contributed by atoms with Crippen LogP contribution in [0.5, 0.6) is 0 Å². The van der Waals surface area contributed by atoms with E-state index in [1.165, 1.54) is 12.1 Å². The first-order valence-corrected chi connectivity index (χ1v) is 5.16. The monoisotopic (exact) mass is 220 g/mol. The Morgan fingerprint density at radius 2 is 2.31 bits per heavy atom. The molecule has 1 rings (SSSR count). The van der Waals surface area contributed by atoms with Gasteiger partial charge in [-0.3, -0.25) is 0 Å². The number of nitrogens with one attached hydrogen (secondary N) is 1. The number of halogens is 1. The van der Waals surface area contributed by atoms with E-state index in [2.05, 4.69) is 11.9 Å². The Bertz CT molecular complexity index is 385. The van der Waals surface area contributed by atoms with Crippen LogP contribution in [-0.2, 0) is 0 Å². The van der Waals surface area contributed by atoms with Gasteiger partial charge in [0.2, 0.25) is 0 Å². The van der Waals surface area contributed by atoms with Crippen molar-refractivity contribution in [2.75, 3.05) is 18.5 Å². The zero-order valence-electron chi connectivity index (χ0n) is 9.70. The Labute approximate surface area is 96.1 Å². The van der Waals surface area contributed by atoms with Crippen LogP contribution in [0.1, 0.15) is 6.92 Å². The van der Waals surface area contributed by atoms with Crippen molar-refractivity contribution in [2.45, 2.75) is 6.92 Å². The predicted octanol–water partition coefficient (Wildman–Crippen LogP) is 2.90. The van der Waals surface area contributed by atoms with Crippen molar-refractivity contribution in [1.82, 2.24) is 5.32 Å². The molecule has 0 bridgehead atoms. The quantitative estimate of drug-likeness (QED) is 0.820. The van der Waals surface area contributed by atoms with E-state index >= 15 is 0 Å². The van der Waals surface area contributed by atoms with Crippen LogP contribution < -0.4 is 10.2 Å². The van der Waals surface area contributed by atoms with Crippen molar-refractivity contribution in [3.8, 4) is 0 Å². The van der Waals surface area contributed by atoms with Gasteiger partial charge in [-0.25, -0.2) is 4.39 Å². The number of anilines is 1. The zero-order chi connectivity index (χ0) is 12.0.